The normalized spacial score (nSPS) is 11.3. The number of nitrogens with zero attached hydrogens (tertiary/aromatic N) is 2. The summed E-state index contributed by atoms with van der Waals surface area (Å²) in [5.74, 6) is 0.436. The van der Waals surface area contributed by atoms with Crippen LogP contribution in [0.25, 0.3) is 11.3 Å². The van der Waals surface area contributed by atoms with Gasteiger partial charge in [0.2, 0.25) is 0 Å². The molecule has 13 heteroatoms. The van der Waals surface area contributed by atoms with Crippen molar-refractivity contribution in [2.24, 2.45) is 0 Å². The minimum Gasteiger partial charge on any atom is -0.465 e. The number of nitrogens with one attached hydrogen (secondary N) is 5. The van der Waals surface area contributed by atoms with Gasteiger partial charge in [-0.3, -0.25) is 4.90 Å². The maximum absolute atomic E-state index is 13.1. The molecule has 0 radical (unpaired) electrons. The first-order valence-electron chi connectivity index (χ1n) is 12.8. The Morgan fingerprint density at radius 1 is 1.00 bits per heavy atom. The molecular formula is C29H29Cl2N7O4. The summed E-state index contributed by atoms with van der Waals surface area (Å²) in [5, 5.41) is 20.9. The van der Waals surface area contributed by atoms with Gasteiger partial charge in [-0.15, -0.1) is 0 Å². The van der Waals surface area contributed by atoms with Gasteiger partial charge in [-0.1, -0.05) is 65.7 Å². The highest BCUT2D eigenvalue weighted by atomic mass is 35.5. The van der Waals surface area contributed by atoms with E-state index in [0.717, 1.165) is 10.5 Å². The number of imidazole rings is 1. The number of aromatic nitrogens is 2. The van der Waals surface area contributed by atoms with Crippen molar-refractivity contribution in [2.75, 3.05) is 24.3 Å². The number of H-pyrrole nitrogens is 1. The van der Waals surface area contributed by atoms with Crippen LogP contribution >= 0.6 is 23.2 Å². The van der Waals surface area contributed by atoms with E-state index in [2.05, 4.69) is 26.3 Å². The summed E-state index contributed by atoms with van der Waals surface area (Å²) in [4.78, 5) is 45.1. The van der Waals surface area contributed by atoms with Crippen LogP contribution in [0, 0.1) is 0 Å². The highest BCUT2D eigenvalue weighted by Crippen LogP contribution is 2.30. The zero-order valence-corrected chi connectivity index (χ0v) is 24.3. The van der Waals surface area contributed by atoms with Gasteiger partial charge in [0, 0.05) is 42.6 Å². The highest BCUT2D eigenvalue weighted by Gasteiger charge is 2.22. The van der Waals surface area contributed by atoms with Crippen molar-refractivity contribution in [2.45, 2.75) is 19.0 Å². The van der Waals surface area contributed by atoms with Gasteiger partial charge in [0.25, 0.3) is 0 Å². The number of hydrogen-bond donors (Lipinski definition) is 6. The standard InChI is InChI=1S/C29H29Cl2N7O4/c1-32-27(39)34-22-13-10-20(30)15-19(22)16-33-28(40)35-23(14-17-6-4-3-5-7-17)26-36-24(25(31)37-26)18-8-11-21(12-9-18)38(2)29(41)42/h3-13,15,23H,14,16H2,1-2H3,(H,36,37)(H,41,42)(H2,32,34,39)(H2,33,35,40)/t23-/m0/s1. The van der Waals surface area contributed by atoms with Crippen LogP contribution in [-0.2, 0) is 13.0 Å². The van der Waals surface area contributed by atoms with Gasteiger partial charge in [0.1, 0.15) is 16.7 Å². The Balaban J connectivity index is 1.54. The number of hydrogen-bond acceptors (Lipinski definition) is 4. The highest BCUT2D eigenvalue weighted by molar-refractivity contribution is 6.32. The SMILES string of the molecule is CNC(=O)Nc1ccc(Cl)cc1CNC(=O)N[C@@H](Cc1ccccc1)c1nc(-c2ccc(N(C)C(=O)O)cc2)c(Cl)[nH]1. The molecule has 11 nitrogen and oxygen atoms in total. The third-order valence-electron chi connectivity index (χ3n) is 6.39. The molecule has 1 atom stereocenters. The number of carboxylic acid groups (broad SMARTS) is 1. The number of rotatable bonds is 9. The minimum absolute atomic E-state index is 0.0884. The van der Waals surface area contributed by atoms with Gasteiger partial charge >= 0.3 is 18.2 Å². The Bertz CT molecular complexity index is 1560. The number of carbonyl (C=O) groups excluding carboxylic acids is 2. The van der Waals surface area contributed by atoms with Crippen molar-refractivity contribution in [1.82, 2.24) is 25.9 Å². The zero-order chi connectivity index (χ0) is 30.2. The smallest absolute Gasteiger partial charge is 0.411 e. The number of halogens is 2. The molecule has 3 aromatic carbocycles. The van der Waals surface area contributed by atoms with Crippen molar-refractivity contribution in [3.05, 3.63) is 99.9 Å². The molecule has 0 bridgehead atoms. The van der Waals surface area contributed by atoms with Crippen molar-refractivity contribution in [3.8, 4) is 11.3 Å². The van der Waals surface area contributed by atoms with Crippen LogP contribution in [0.4, 0.5) is 25.8 Å². The summed E-state index contributed by atoms with van der Waals surface area (Å²) in [7, 11) is 2.95. The minimum atomic E-state index is -1.08. The Hall–Kier alpha value is -4.74. The first-order chi connectivity index (χ1) is 20.1. The molecule has 0 aliphatic rings. The Morgan fingerprint density at radius 2 is 1.71 bits per heavy atom. The molecule has 42 heavy (non-hydrogen) atoms. The first-order valence-corrected chi connectivity index (χ1v) is 13.6. The molecule has 1 heterocycles. The lowest BCUT2D eigenvalue weighted by Crippen LogP contribution is -2.39. The average molecular weight is 611 g/mol. The molecule has 0 fully saturated rings. The molecule has 0 aliphatic carbocycles. The van der Waals surface area contributed by atoms with Crippen LogP contribution in [-0.4, -0.2) is 47.3 Å². The van der Waals surface area contributed by atoms with E-state index in [1.807, 2.05) is 30.3 Å². The Kier molecular flexibility index (Phi) is 9.89. The molecule has 218 valence electrons. The van der Waals surface area contributed by atoms with E-state index < -0.39 is 24.2 Å². The predicted molar refractivity (Wildman–Crippen MR) is 163 cm³/mol. The molecule has 0 aliphatic heterocycles. The van der Waals surface area contributed by atoms with Crippen LogP contribution in [0.5, 0.6) is 0 Å². The topological polar surface area (TPSA) is 151 Å². The largest absolute Gasteiger partial charge is 0.465 e. The van der Waals surface area contributed by atoms with E-state index in [1.54, 1.807) is 42.5 Å². The molecule has 5 amide bonds. The van der Waals surface area contributed by atoms with Crippen molar-refractivity contribution < 1.29 is 19.5 Å². The summed E-state index contributed by atoms with van der Waals surface area (Å²) >= 11 is 12.7. The molecule has 4 aromatic rings. The van der Waals surface area contributed by atoms with E-state index in [0.29, 0.717) is 45.5 Å². The molecule has 0 unspecified atom stereocenters. The third kappa shape index (κ3) is 7.71. The quantitative estimate of drug-likeness (QED) is 0.137. The van der Waals surface area contributed by atoms with Crippen LogP contribution in [0.2, 0.25) is 10.2 Å². The average Bonchev–Trinajstić information content (AvgIpc) is 3.38. The van der Waals surface area contributed by atoms with E-state index in [4.69, 9.17) is 28.2 Å². The van der Waals surface area contributed by atoms with Crippen LogP contribution in [0.3, 0.4) is 0 Å². The molecule has 6 N–H and O–H groups in total. The van der Waals surface area contributed by atoms with Crippen molar-refractivity contribution in [3.63, 3.8) is 0 Å². The number of amides is 5. The van der Waals surface area contributed by atoms with Crippen LogP contribution < -0.4 is 26.2 Å². The molecule has 0 spiro atoms. The fourth-order valence-corrected chi connectivity index (χ4v) is 4.59. The predicted octanol–water partition coefficient (Wildman–Crippen LogP) is 6.03. The fraction of sp³-hybridized carbons (Fsp3) is 0.172. The maximum atomic E-state index is 13.1. The Morgan fingerprint density at radius 3 is 2.38 bits per heavy atom. The van der Waals surface area contributed by atoms with Crippen LogP contribution in [0.1, 0.15) is 23.0 Å². The van der Waals surface area contributed by atoms with Crippen molar-refractivity contribution in [1.29, 1.82) is 0 Å². The molecule has 0 saturated heterocycles. The Labute approximate surface area is 252 Å². The summed E-state index contributed by atoms with van der Waals surface area (Å²) in [6.07, 6.45) is -0.661. The second-order valence-corrected chi connectivity index (χ2v) is 10.1. The third-order valence-corrected chi connectivity index (χ3v) is 6.90. The van der Waals surface area contributed by atoms with Gasteiger partial charge in [-0.2, -0.15) is 0 Å². The summed E-state index contributed by atoms with van der Waals surface area (Å²) < 4.78 is 0. The van der Waals surface area contributed by atoms with E-state index in [1.165, 1.54) is 14.1 Å². The monoisotopic (exact) mass is 609 g/mol. The molecule has 1 aromatic heterocycles. The number of anilines is 2. The first kappa shape index (κ1) is 30.2. The lowest BCUT2D eigenvalue weighted by atomic mass is 10.1. The lowest BCUT2D eigenvalue weighted by Gasteiger charge is -2.18. The van der Waals surface area contributed by atoms with Gasteiger partial charge < -0.3 is 31.4 Å². The second kappa shape index (κ2) is 13.7. The zero-order valence-electron chi connectivity index (χ0n) is 22.7. The van der Waals surface area contributed by atoms with Gasteiger partial charge in [0.15, 0.2) is 0 Å². The summed E-state index contributed by atoms with van der Waals surface area (Å²) in [6.45, 7) is 0.0884. The van der Waals surface area contributed by atoms with Crippen LogP contribution in [0.15, 0.2) is 72.8 Å². The van der Waals surface area contributed by atoms with Crippen molar-refractivity contribution >= 4 is 52.7 Å². The summed E-state index contributed by atoms with van der Waals surface area (Å²) in [5.41, 5.74) is 3.70. The van der Waals surface area contributed by atoms with E-state index in [9.17, 15) is 19.5 Å². The second-order valence-electron chi connectivity index (χ2n) is 9.25. The maximum Gasteiger partial charge on any atom is 0.411 e. The fourth-order valence-electron chi connectivity index (χ4n) is 4.14. The van der Waals surface area contributed by atoms with E-state index in [-0.39, 0.29) is 11.7 Å². The van der Waals surface area contributed by atoms with E-state index >= 15 is 0 Å². The van der Waals surface area contributed by atoms with Gasteiger partial charge in [0.05, 0.1) is 6.04 Å². The number of carbonyl (C=O) groups is 3. The number of aromatic amines is 1. The number of urea groups is 2. The molecule has 4 rings (SSSR count). The number of benzene rings is 3. The van der Waals surface area contributed by atoms with Gasteiger partial charge in [-0.05, 0) is 47.9 Å². The lowest BCUT2D eigenvalue weighted by molar-refractivity contribution is 0.203. The molecule has 0 saturated carbocycles. The molecular weight excluding hydrogens is 581 g/mol. The summed E-state index contributed by atoms with van der Waals surface area (Å²) in [6, 6.07) is 19.9. The van der Waals surface area contributed by atoms with Gasteiger partial charge in [-0.25, -0.2) is 19.4 Å².